The second-order valence-electron chi connectivity index (χ2n) is 5.10. The first-order valence-electron chi connectivity index (χ1n) is 7.68. The number of rotatable bonds is 12. The second kappa shape index (κ2) is 12.1. The minimum atomic E-state index is 0.700. The maximum atomic E-state index is 5.69. The Morgan fingerprint density at radius 1 is 0.850 bits per heavy atom. The summed E-state index contributed by atoms with van der Waals surface area (Å²) >= 11 is 4.22. The van der Waals surface area contributed by atoms with Crippen molar-refractivity contribution in [2.24, 2.45) is 0 Å². The molecule has 20 heavy (non-hydrogen) atoms. The first-order chi connectivity index (χ1) is 9.86. The molecule has 0 atom stereocenters. The zero-order valence-electron chi connectivity index (χ0n) is 12.6. The highest BCUT2D eigenvalue weighted by Crippen LogP contribution is 2.12. The fourth-order valence-corrected chi connectivity index (χ4v) is 2.34. The largest absolute Gasteiger partial charge is 0.497 e. The van der Waals surface area contributed by atoms with Crippen molar-refractivity contribution in [2.75, 3.05) is 19.5 Å². The lowest BCUT2D eigenvalue weighted by atomic mass is 10.1. The van der Waals surface area contributed by atoms with E-state index in [0.29, 0.717) is 6.61 Å². The van der Waals surface area contributed by atoms with Crippen LogP contribution in [-0.2, 0) is 11.3 Å². The Morgan fingerprint density at radius 2 is 1.45 bits per heavy atom. The maximum absolute atomic E-state index is 5.69. The molecule has 0 amide bonds. The van der Waals surface area contributed by atoms with Crippen LogP contribution in [0, 0.1) is 0 Å². The van der Waals surface area contributed by atoms with E-state index >= 15 is 0 Å². The standard InChI is InChI=1S/C17H28O2S/c1-18-17-11-9-16(10-12-17)15-19-13-7-5-3-2-4-6-8-14-20/h9-12,20H,2-8,13-15H2,1H3. The average Bonchev–Trinajstić information content (AvgIpc) is 2.50. The van der Waals surface area contributed by atoms with Gasteiger partial charge in [-0.25, -0.2) is 0 Å². The lowest BCUT2D eigenvalue weighted by molar-refractivity contribution is 0.116. The zero-order chi connectivity index (χ0) is 14.5. The summed E-state index contributed by atoms with van der Waals surface area (Å²) in [6.45, 7) is 1.56. The Kier molecular flexibility index (Phi) is 10.5. The Labute approximate surface area is 129 Å². The van der Waals surface area contributed by atoms with Crippen molar-refractivity contribution in [3.05, 3.63) is 29.8 Å². The van der Waals surface area contributed by atoms with Gasteiger partial charge >= 0.3 is 0 Å². The molecular formula is C17H28O2S. The molecule has 0 spiro atoms. The van der Waals surface area contributed by atoms with Crippen LogP contribution in [0.5, 0.6) is 5.75 Å². The van der Waals surface area contributed by atoms with Crippen LogP contribution in [0.4, 0.5) is 0 Å². The van der Waals surface area contributed by atoms with E-state index in [4.69, 9.17) is 9.47 Å². The number of thiol groups is 1. The molecule has 1 rings (SSSR count). The molecule has 0 aliphatic carbocycles. The van der Waals surface area contributed by atoms with Gasteiger partial charge < -0.3 is 9.47 Å². The highest BCUT2D eigenvalue weighted by Gasteiger charge is 1.96. The first-order valence-corrected chi connectivity index (χ1v) is 8.31. The third kappa shape index (κ3) is 8.49. The summed E-state index contributed by atoms with van der Waals surface area (Å²) in [4.78, 5) is 0. The summed E-state index contributed by atoms with van der Waals surface area (Å²) in [5.41, 5.74) is 1.21. The Bertz CT molecular complexity index is 324. The molecule has 3 heteroatoms. The van der Waals surface area contributed by atoms with Gasteiger partial charge in [0, 0.05) is 6.61 Å². The van der Waals surface area contributed by atoms with Gasteiger partial charge in [0.25, 0.3) is 0 Å². The monoisotopic (exact) mass is 296 g/mol. The van der Waals surface area contributed by atoms with Gasteiger partial charge in [-0.15, -0.1) is 0 Å². The van der Waals surface area contributed by atoms with E-state index < -0.39 is 0 Å². The number of hydrogen-bond acceptors (Lipinski definition) is 3. The summed E-state index contributed by atoms with van der Waals surface area (Å²) in [5, 5.41) is 0. The van der Waals surface area contributed by atoms with E-state index in [1.807, 2.05) is 12.1 Å². The van der Waals surface area contributed by atoms with Gasteiger partial charge in [0.05, 0.1) is 13.7 Å². The molecular weight excluding hydrogens is 268 g/mol. The van der Waals surface area contributed by atoms with Gasteiger partial charge in [0.15, 0.2) is 0 Å². The molecule has 0 aliphatic rings. The van der Waals surface area contributed by atoms with E-state index in [2.05, 4.69) is 24.8 Å². The van der Waals surface area contributed by atoms with E-state index in [9.17, 15) is 0 Å². The van der Waals surface area contributed by atoms with Crippen molar-refractivity contribution >= 4 is 12.6 Å². The second-order valence-corrected chi connectivity index (χ2v) is 5.55. The molecule has 0 bridgehead atoms. The molecule has 0 fully saturated rings. The highest BCUT2D eigenvalue weighted by molar-refractivity contribution is 7.80. The summed E-state index contributed by atoms with van der Waals surface area (Å²) in [6, 6.07) is 8.06. The molecule has 0 unspecified atom stereocenters. The fourth-order valence-electron chi connectivity index (χ4n) is 2.11. The van der Waals surface area contributed by atoms with Crippen molar-refractivity contribution in [1.82, 2.24) is 0 Å². The summed E-state index contributed by atoms with van der Waals surface area (Å²) in [7, 11) is 1.68. The molecule has 0 aliphatic heterocycles. The zero-order valence-corrected chi connectivity index (χ0v) is 13.5. The number of hydrogen-bond donors (Lipinski definition) is 1. The number of benzene rings is 1. The molecule has 0 aromatic heterocycles. The van der Waals surface area contributed by atoms with Gasteiger partial charge in [-0.1, -0.05) is 44.2 Å². The van der Waals surface area contributed by atoms with Gasteiger partial charge in [-0.05, 0) is 36.3 Å². The highest BCUT2D eigenvalue weighted by atomic mass is 32.1. The minimum absolute atomic E-state index is 0.700. The van der Waals surface area contributed by atoms with Crippen LogP contribution < -0.4 is 4.74 Å². The number of methoxy groups -OCH3 is 1. The van der Waals surface area contributed by atoms with Crippen LogP contribution in [0.15, 0.2) is 24.3 Å². The molecule has 0 heterocycles. The van der Waals surface area contributed by atoms with E-state index in [1.165, 1.54) is 50.5 Å². The predicted molar refractivity (Wildman–Crippen MR) is 88.8 cm³/mol. The van der Waals surface area contributed by atoms with Gasteiger partial charge in [0.1, 0.15) is 5.75 Å². The lowest BCUT2D eigenvalue weighted by Crippen LogP contribution is -1.96. The molecule has 1 aromatic rings. The third-order valence-electron chi connectivity index (χ3n) is 3.37. The molecule has 0 saturated heterocycles. The molecule has 2 nitrogen and oxygen atoms in total. The number of ether oxygens (including phenoxy) is 2. The van der Waals surface area contributed by atoms with Crippen LogP contribution >= 0.6 is 12.6 Å². The summed E-state index contributed by atoms with van der Waals surface area (Å²) in [6.07, 6.45) is 9.08. The topological polar surface area (TPSA) is 18.5 Å². The third-order valence-corrected chi connectivity index (χ3v) is 3.69. The maximum Gasteiger partial charge on any atom is 0.118 e. The fraction of sp³-hybridized carbons (Fsp3) is 0.647. The summed E-state index contributed by atoms with van der Waals surface area (Å²) < 4.78 is 10.8. The van der Waals surface area contributed by atoms with Gasteiger partial charge in [-0.2, -0.15) is 12.6 Å². The van der Waals surface area contributed by atoms with Crippen molar-refractivity contribution in [2.45, 2.75) is 51.6 Å². The SMILES string of the molecule is COc1ccc(COCCCCCCCCCS)cc1. The lowest BCUT2D eigenvalue weighted by Gasteiger charge is -2.06. The van der Waals surface area contributed by atoms with Gasteiger partial charge in [-0.3, -0.25) is 0 Å². The molecule has 0 N–H and O–H groups in total. The van der Waals surface area contributed by atoms with Crippen molar-refractivity contribution in [3.8, 4) is 5.75 Å². The minimum Gasteiger partial charge on any atom is -0.497 e. The van der Waals surface area contributed by atoms with Crippen molar-refractivity contribution in [1.29, 1.82) is 0 Å². The smallest absolute Gasteiger partial charge is 0.118 e. The van der Waals surface area contributed by atoms with Crippen LogP contribution in [0.3, 0.4) is 0 Å². The van der Waals surface area contributed by atoms with Crippen molar-refractivity contribution in [3.63, 3.8) is 0 Å². The van der Waals surface area contributed by atoms with E-state index in [0.717, 1.165) is 18.1 Å². The normalized spacial score (nSPS) is 10.7. The molecule has 0 radical (unpaired) electrons. The van der Waals surface area contributed by atoms with E-state index in [-0.39, 0.29) is 0 Å². The van der Waals surface area contributed by atoms with Crippen LogP contribution in [-0.4, -0.2) is 19.5 Å². The molecule has 1 aromatic carbocycles. The Balaban J connectivity index is 1.91. The Hall–Kier alpha value is -0.670. The summed E-state index contributed by atoms with van der Waals surface area (Å²) in [5.74, 6) is 1.92. The quantitative estimate of drug-likeness (QED) is 0.438. The molecule has 0 saturated carbocycles. The van der Waals surface area contributed by atoms with Crippen LogP contribution in [0.1, 0.15) is 50.5 Å². The van der Waals surface area contributed by atoms with Gasteiger partial charge in [0.2, 0.25) is 0 Å². The van der Waals surface area contributed by atoms with Crippen LogP contribution in [0.25, 0.3) is 0 Å². The van der Waals surface area contributed by atoms with Crippen LogP contribution in [0.2, 0.25) is 0 Å². The predicted octanol–water partition coefficient (Wildman–Crippen LogP) is 4.87. The van der Waals surface area contributed by atoms with E-state index in [1.54, 1.807) is 7.11 Å². The van der Waals surface area contributed by atoms with Crippen molar-refractivity contribution < 1.29 is 9.47 Å². The first kappa shape index (κ1) is 17.4. The molecule has 114 valence electrons. The number of unbranched alkanes of at least 4 members (excludes halogenated alkanes) is 6. The Morgan fingerprint density at radius 3 is 2.05 bits per heavy atom. The average molecular weight is 296 g/mol.